The van der Waals surface area contributed by atoms with Crippen molar-refractivity contribution in [3.63, 3.8) is 0 Å². The van der Waals surface area contributed by atoms with Gasteiger partial charge in [-0.1, -0.05) is 6.08 Å². The Morgan fingerprint density at radius 2 is 2.31 bits per heavy atom. The number of aromatic nitrogens is 1. The van der Waals surface area contributed by atoms with E-state index >= 15 is 0 Å². The summed E-state index contributed by atoms with van der Waals surface area (Å²) in [5.41, 5.74) is 3.82. The number of halogens is 1. The fourth-order valence-electron chi connectivity index (χ4n) is 2.68. The second kappa shape index (κ2) is 3.97. The summed E-state index contributed by atoms with van der Waals surface area (Å²) < 4.78 is 1.11. The van der Waals surface area contributed by atoms with E-state index in [0.29, 0.717) is 0 Å². The van der Waals surface area contributed by atoms with Crippen molar-refractivity contribution in [1.82, 2.24) is 10.3 Å². The van der Waals surface area contributed by atoms with Gasteiger partial charge in [-0.2, -0.15) is 0 Å². The molecule has 2 atom stereocenters. The molecule has 2 aliphatic rings. The van der Waals surface area contributed by atoms with Crippen LogP contribution in [0, 0.1) is 18.8 Å². The lowest BCUT2D eigenvalue weighted by molar-refractivity contribution is 0.536. The first-order chi connectivity index (χ1) is 7.74. The number of allylic oxidation sites excluding steroid dienone is 1. The molecule has 1 N–H and O–H groups in total. The predicted octanol–water partition coefficient (Wildman–Crippen LogP) is 2.78. The molecule has 1 aromatic heterocycles. The van der Waals surface area contributed by atoms with E-state index < -0.39 is 0 Å². The molecule has 1 aliphatic carbocycles. The summed E-state index contributed by atoms with van der Waals surface area (Å²) in [5, 5.41) is 3.45. The summed E-state index contributed by atoms with van der Waals surface area (Å²) in [6.45, 7) is 4.34. The zero-order valence-electron chi connectivity index (χ0n) is 9.33. The van der Waals surface area contributed by atoms with Crippen molar-refractivity contribution >= 4 is 21.5 Å². The third-order valence-corrected chi connectivity index (χ3v) is 4.49. The Morgan fingerprint density at radius 3 is 3.06 bits per heavy atom. The smallest absolute Gasteiger partial charge is 0.0514 e. The van der Waals surface area contributed by atoms with Crippen molar-refractivity contribution in [3.8, 4) is 0 Å². The van der Waals surface area contributed by atoms with Gasteiger partial charge in [-0.05, 0) is 64.9 Å². The Balaban J connectivity index is 1.90. The zero-order chi connectivity index (χ0) is 11.1. The average Bonchev–Trinajstić information content (AvgIpc) is 2.81. The first-order valence-corrected chi connectivity index (χ1v) is 6.57. The minimum Gasteiger partial charge on any atom is -0.316 e. The van der Waals surface area contributed by atoms with Crippen molar-refractivity contribution in [3.05, 3.63) is 34.1 Å². The minimum atomic E-state index is 0.745. The fourth-order valence-corrected chi connectivity index (χ4v) is 3.03. The predicted molar refractivity (Wildman–Crippen MR) is 69.1 cm³/mol. The van der Waals surface area contributed by atoms with E-state index in [4.69, 9.17) is 0 Å². The van der Waals surface area contributed by atoms with Crippen LogP contribution in [-0.2, 0) is 0 Å². The van der Waals surface area contributed by atoms with Crippen molar-refractivity contribution in [2.24, 2.45) is 11.8 Å². The van der Waals surface area contributed by atoms with Gasteiger partial charge in [0.05, 0.1) is 5.69 Å². The maximum Gasteiger partial charge on any atom is 0.0514 e. The fraction of sp³-hybridized carbons (Fsp3) is 0.462. The number of fused-ring (bicyclic) bond motifs is 1. The van der Waals surface area contributed by atoms with Crippen molar-refractivity contribution < 1.29 is 0 Å². The summed E-state index contributed by atoms with van der Waals surface area (Å²) in [6, 6.07) is 2.20. The lowest BCUT2D eigenvalue weighted by Gasteiger charge is -2.07. The van der Waals surface area contributed by atoms with Gasteiger partial charge in [0, 0.05) is 17.2 Å². The summed E-state index contributed by atoms with van der Waals surface area (Å²) in [4.78, 5) is 4.41. The molecule has 2 heterocycles. The number of hydrogen-bond donors (Lipinski definition) is 1. The summed E-state index contributed by atoms with van der Waals surface area (Å²) in [6.07, 6.45) is 5.64. The normalized spacial score (nSPS) is 28.0. The zero-order valence-corrected chi connectivity index (χ0v) is 10.9. The van der Waals surface area contributed by atoms with Crippen LogP contribution in [0.15, 0.2) is 22.8 Å². The SMILES string of the molecule is Cc1ncc(C2=CC3CNCC3C2)cc1Br. The van der Waals surface area contributed by atoms with Crippen LogP contribution >= 0.6 is 15.9 Å². The second-order valence-corrected chi connectivity index (χ2v) is 5.62. The van der Waals surface area contributed by atoms with Gasteiger partial charge in [-0.15, -0.1) is 0 Å². The number of nitrogens with one attached hydrogen (secondary N) is 1. The van der Waals surface area contributed by atoms with Gasteiger partial charge in [0.25, 0.3) is 0 Å². The van der Waals surface area contributed by atoms with Crippen LogP contribution in [0.25, 0.3) is 5.57 Å². The third-order valence-electron chi connectivity index (χ3n) is 3.69. The van der Waals surface area contributed by atoms with Gasteiger partial charge in [-0.25, -0.2) is 0 Å². The lowest BCUT2D eigenvalue weighted by atomic mass is 9.99. The third kappa shape index (κ3) is 1.72. The van der Waals surface area contributed by atoms with E-state index in [1.165, 1.54) is 24.1 Å². The maximum atomic E-state index is 4.41. The minimum absolute atomic E-state index is 0.745. The highest BCUT2D eigenvalue weighted by atomic mass is 79.9. The van der Waals surface area contributed by atoms with Gasteiger partial charge in [0.2, 0.25) is 0 Å². The number of nitrogens with zero attached hydrogens (tertiary/aromatic N) is 1. The first-order valence-electron chi connectivity index (χ1n) is 5.78. The number of hydrogen-bond acceptors (Lipinski definition) is 2. The van der Waals surface area contributed by atoms with E-state index in [-0.39, 0.29) is 0 Å². The second-order valence-electron chi connectivity index (χ2n) is 4.77. The van der Waals surface area contributed by atoms with Crippen molar-refractivity contribution in [2.45, 2.75) is 13.3 Å². The van der Waals surface area contributed by atoms with Crippen molar-refractivity contribution in [1.29, 1.82) is 0 Å². The summed E-state index contributed by atoms with van der Waals surface area (Å²) >= 11 is 3.55. The van der Waals surface area contributed by atoms with Crippen LogP contribution in [-0.4, -0.2) is 18.1 Å². The van der Waals surface area contributed by atoms with Gasteiger partial charge in [0.1, 0.15) is 0 Å². The van der Waals surface area contributed by atoms with Crippen LogP contribution in [0.2, 0.25) is 0 Å². The molecule has 0 amide bonds. The van der Waals surface area contributed by atoms with E-state index in [0.717, 1.165) is 28.5 Å². The average molecular weight is 279 g/mol. The molecule has 1 aromatic rings. The Hall–Kier alpha value is -0.670. The van der Waals surface area contributed by atoms with Crippen LogP contribution in [0.3, 0.4) is 0 Å². The number of pyridine rings is 1. The largest absolute Gasteiger partial charge is 0.316 e. The standard InChI is InChI=1S/C13H15BrN2/c1-8-13(14)4-12(7-16-8)9-2-10-5-15-6-11(10)3-9/h2,4,7,10-11,15H,3,5-6H2,1H3. The van der Waals surface area contributed by atoms with E-state index in [2.05, 4.69) is 38.4 Å². The van der Waals surface area contributed by atoms with Gasteiger partial charge < -0.3 is 5.32 Å². The first kappa shape index (κ1) is 10.5. The molecule has 0 saturated carbocycles. The molecule has 0 radical (unpaired) electrons. The quantitative estimate of drug-likeness (QED) is 0.855. The van der Waals surface area contributed by atoms with Gasteiger partial charge in [-0.3, -0.25) is 4.98 Å². The molecule has 2 unspecified atom stereocenters. The Bertz CT molecular complexity index is 453. The van der Waals surface area contributed by atoms with Crippen LogP contribution in [0.1, 0.15) is 17.7 Å². The molecular formula is C13H15BrN2. The van der Waals surface area contributed by atoms with E-state index in [1.54, 1.807) is 0 Å². The highest BCUT2D eigenvalue weighted by Crippen LogP contribution is 2.38. The molecule has 16 heavy (non-hydrogen) atoms. The molecule has 1 saturated heterocycles. The maximum absolute atomic E-state index is 4.41. The summed E-state index contributed by atoms with van der Waals surface area (Å²) in [7, 11) is 0. The molecule has 1 fully saturated rings. The van der Waals surface area contributed by atoms with Crippen LogP contribution in [0.4, 0.5) is 0 Å². The van der Waals surface area contributed by atoms with Gasteiger partial charge >= 0.3 is 0 Å². The molecule has 0 spiro atoms. The molecule has 2 nitrogen and oxygen atoms in total. The van der Waals surface area contributed by atoms with Crippen LogP contribution < -0.4 is 5.32 Å². The molecular weight excluding hydrogens is 264 g/mol. The monoisotopic (exact) mass is 278 g/mol. The van der Waals surface area contributed by atoms with Gasteiger partial charge in [0.15, 0.2) is 0 Å². The Kier molecular flexibility index (Phi) is 2.60. The molecule has 3 heteroatoms. The highest BCUT2D eigenvalue weighted by Gasteiger charge is 2.31. The highest BCUT2D eigenvalue weighted by molar-refractivity contribution is 9.10. The lowest BCUT2D eigenvalue weighted by Crippen LogP contribution is -2.09. The topological polar surface area (TPSA) is 24.9 Å². The summed E-state index contributed by atoms with van der Waals surface area (Å²) in [5.74, 6) is 1.56. The molecule has 0 aromatic carbocycles. The Morgan fingerprint density at radius 1 is 1.44 bits per heavy atom. The molecule has 0 bridgehead atoms. The van der Waals surface area contributed by atoms with E-state index in [1.807, 2.05) is 13.1 Å². The molecule has 1 aliphatic heterocycles. The Labute approximate surface area is 104 Å². The molecule has 84 valence electrons. The van der Waals surface area contributed by atoms with Crippen molar-refractivity contribution in [2.75, 3.05) is 13.1 Å². The van der Waals surface area contributed by atoms with Crippen LogP contribution in [0.5, 0.6) is 0 Å². The number of rotatable bonds is 1. The van der Waals surface area contributed by atoms with E-state index in [9.17, 15) is 0 Å². The number of aryl methyl sites for hydroxylation is 1. The molecule has 3 rings (SSSR count).